The molecule has 124 valence electrons. The van der Waals surface area contributed by atoms with Crippen molar-refractivity contribution in [2.45, 2.75) is 18.5 Å². The van der Waals surface area contributed by atoms with Gasteiger partial charge >= 0.3 is 35.6 Å². The fraction of sp³-hybridized carbons (Fsp3) is 0.333. The molecule has 0 radical (unpaired) electrons. The topological polar surface area (TPSA) is 150 Å². The molecular weight excluding hydrogens is 353 g/mol. The minimum Gasteiger partial charge on any atom is -0.731 e. The molecular formula is C12H12N3NaO7S. The van der Waals surface area contributed by atoms with Gasteiger partial charge in [-0.2, -0.15) is 0 Å². The van der Waals surface area contributed by atoms with Gasteiger partial charge in [0.15, 0.2) is 21.8 Å². The van der Waals surface area contributed by atoms with Crippen molar-refractivity contribution in [1.82, 2.24) is 9.21 Å². The Balaban J connectivity index is 0.00000208. The number of rotatable bonds is 2. The Hall–Kier alpha value is -1.53. The smallest absolute Gasteiger partial charge is 0.731 e. The zero-order valence-corrected chi connectivity index (χ0v) is 15.4. The van der Waals surface area contributed by atoms with E-state index in [1.165, 1.54) is 12.1 Å². The van der Waals surface area contributed by atoms with Crippen molar-refractivity contribution >= 4 is 27.9 Å². The summed E-state index contributed by atoms with van der Waals surface area (Å²) >= 11 is 0. The summed E-state index contributed by atoms with van der Waals surface area (Å²) < 4.78 is 33.2. The van der Waals surface area contributed by atoms with Crippen LogP contribution >= 0.6 is 0 Å². The zero-order valence-electron chi connectivity index (χ0n) is 12.5. The molecule has 10 nitrogen and oxygen atoms in total. The van der Waals surface area contributed by atoms with Crippen LogP contribution in [-0.4, -0.2) is 63.0 Å². The first-order valence-electron chi connectivity index (χ1n) is 6.59. The molecule has 1 aromatic carbocycles. The summed E-state index contributed by atoms with van der Waals surface area (Å²) in [6.07, 6.45) is 0.187. The Morgan fingerprint density at radius 1 is 1.29 bits per heavy atom. The maximum Gasteiger partial charge on any atom is 1.00 e. The van der Waals surface area contributed by atoms with Gasteiger partial charge in [-0.15, -0.1) is 0 Å². The van der Waals surface area contributed by atoms with E-state index in [4.69, 9.17) is 0 Å². The van der Waals surface area contributed by atoms with Crippen molar-refractivity contribution in [2.75, 3.05) is 11.9 Å². The van der Waals surface area contributed by atoms with E-state index in [-0.39, 0.29) is 58.3 Å². The fourth-order valence-corrected chi connectivity index (χ4v) is 3.71. The molecule has 0 bridgehead atoms. The predicted molar refractivity (Wildman–Crippen MR) is 74.2 cm³/mol. The molecule has 2 aliphatic heterocycles. The predicted octanol–water partition coefficient (Wildman–Crippen LogP) is -3.62. The van der Waals surface area contributed by atoms with Crippen LogP contribution in [0.5, 0.6) is 11.5 Å². The van der Waals surface area contributed by atoms with E-state index in [1.807, 2.05) is 0 Å². The van der Waals surface area contributed by atoms with Crippen molar-refractivity contribution in [3.05, 3.63) is 18.2 Å². The Morgan fingerprint density at radius 2 is 1.96 bits per heavy atom. The van der Waals surface area contributed by atoms with Crippen LogP contribution in [-0.2, 0) is 15.1 Å². The monoisotopic (exact) mass is 365 g/mol. The van der Waals surface area contributed by atoms with Crippen molar-refractivity contribution in [2.24, 2.45) is 0 Å². The third-order valence-electron chi connectivity index (χ3n) is 3.87. The van der Waals surface area contributed by atoms with Crippen LogP contribution in [0.2, 0.25) is 0 Å². The standard InChI is InChI=1S/C12H13N3O7S.Na/c16-8-2-1-6(5-9(8)17)13-12(19)14-4-3-7-10(14)11(18)15(7)23(20,21)22;/h1-2,5,7,10,16-17H,3-4H2,(H,13,19)(H,20,21,22);/q;+1/p-1/t7-,10+;/m1./s1. The Bertz CT molecular complexity index is 800. The van der Waals surface area contributed by atoms with E-state index in [1.54, 1.807) is 0 Å². The van der Waals surface area contributed by atoms with Gasteiger partial charge in [0, 0.05) is 18.3 Å². The van der Waals surface area contributed by atoms with Gasteiger partial charge in [0.2, 0.25) is 0 Å². The maximum absolute atomic E-state index is 12.2. The average molecular weight is 365 g/mol. The van der Waals surface area contributed by atoms with E-state index >= 15 is 0 Å². The first-order valence-corrected chi connectivity index (χ1v) is 7.95. The maximum atomic E-state index is 12.2. The number of amides is 3. The van der Waals surface area contributed by atoms with Crippen LogP contribution in [0, 0.1) is 0 Å². The fourth-order valence-electron chi connectivity index (χ4n) is 2.83. The van der Waals surface area contributed by atoms with Crippen LogP contribution in [0.25, 0.3) is 0 Å². The molecule has 1 aromatic rings. The van der Waals surface area contributed by atoms with E-state index in [9.17, 15) is 32.8 Å². The Kier molecular flexibility index (Phi) is 5.02. The van der Waals surface area contributed by atoms with Crippen LogP contribution < -0.4 is 34.9 Å². The third kappa shape index (κ3) is 3.05. The largest absolute Gasteiger partial charge is 1.00 e. The molecule has 3 rings (SSSR count). The average Bonchev–Trinajstić information content (AvgIpc) is 2.80. The number of aromatic hydroxyl groups is 2. The zero-order chi connectivity index (χ0) is 16.9. The molecule has 2 fully saturated rings. The number of hydrogen-bond donors (Lipinski definition) is 3. The number of benzene rings is 1. The summed E-state index contributed by atoms with van der Waals surface area (Å²) in [6, 6.07) is 1.17. The number of carbonyl (C=O) groups is 2. The van der Waals surface area contributed by atoms with Crippen molar-refractivity contribution in [3.63, 3.8) is 0 Å². The van der Waals surface area contributed by atoms with Gasteiger partial charge in [-0.1, -0.05) is 0 Å². The van der Waals surface area contributed by atoms with Crippen molar-refractivity contribution in [3.8, 4) is 11.5 Å². The molecule has 2 aliphatic rings. The number of nitrogens with one attached hydrogen (secondary N) is 1. The van der Waals surface area contributed by atoms with Crippen LogP contribution in [0.4, 0.5) is 10.5 Å². The second-order valence-electron chi connectivity index (χ2n) is 5.22. The first-order chi connectivity index (χ1) is 10.7. The number of phenols is 2. The molecule has 2 saturated heterocycles. The molecule has 12 heteroatoms. The number of β-lactam (4-membered cyclic amide) rings is 1. The van der Waals surface area contributed by atoms with Crippen molar-refractivity contribution < 1.29 is 62.3 Å². The van der Waals surface area contributed by atoms with Crippen LogP contribution in [0.15, 0.2) is 18.2 Å². The molecule has 0 aromatic heterocycles. The van der Waals surface area contributed by atoms with Gasteiger partial charge < -0.3 is 25.0 Å². The number of nitrogens with zero attached hydrogens (tertiary/aromatic N) is 2. The van der Waals surface area contributed by atoms with Crippen molar-refractivity contribution in [1.29, 1.82) is 0 Å². The molecule has 0 saturated carbocycles. The molecule has 3 amide bonds. The summed E-state index contributed by atoms with van der Waals surface area (Å²) in [7, 11) is -4.87. The molecule has 24 heavy (non-hydrogen) atoms. The molecule has 2 atom stereocenters. The number of anilines is 1. The van der Waals surface area contributed by atoms with Gasteiger partial charge in [-0.05, 0) is 18.6 Å². The van der Waals surface area contributed by atoms with Gasteiger partial charge in [0.05, 0.1) is 6.04 Å². The van der Waals surface area contributed by atoms with E-state index in [0.29, 0.717) is 0 Å². The SMILES string of the molecule is O=C(Nc1ccc(O)c(O)c1)N1CC[C@@H]2[C@H]1C(=O)N2S(=O)(=O)[O-].[Na+]. The number of carbonyl (C=O) groups excluding carboxylic acids is 2. The summed E-state index contributed by atoms with van der Waals surface area (Å²) in [5.41, 5.74) is 0.189. The third-order valence-corrected chi connectivity index (χ3v) is 4.80. The summed E-state index contributed by atoms with van der Waals surface area (Å²) in [6.45, 7) is 0.114. The normalized spacial score (nSPS) is 22.5. The summed E-state index contributed by atoms with van der Waals surface area (Å²) in [5, 5.41) is 21.0. The number of phenolic OH excluding ortho intramolecular Hbond substituents is 2. The van der Waals surface area contributed by atoms with E-state index in [0.717, 1.165) is 11.0 Å². The van der Waals surface area contributed by atoms with Gasteiger partial charge in [-0.3, -0.25) is 4.79 Å². The van der Waals surface area contributed by atoms with Gasteiger partial charge in [0.25, 0.3) is 5.91 Å². The molecule has 0 unspecified atom stereocenters. The minimum atomic E-state index is -4.87. The quantitative estimate of drug-likeness (QED) is 0.161. The van der Waals surface area contributed by atoms with Crippen LogP contribution in [0.3, 0.4) is 0 Å². The molecule has 0 aliphatic carbocycles. The number of fused-ring (bicyclic) bond motifs is 1. The van der Waals surface area contributed by atoms with Gasteiger partial charge in [-0.25, -0.2) is 17.5 Å². The first kappa shape index (κ1) is 18.8. The number of urea groups is 1. The molecule has 2 heterocycles. The summed E-state index contributed by atoms with van der Waals surface area (Å²) in [4.78, 5) is 25.1. The van der Waals surface area contributed by atoms with Crippen LogP contribution in [0.1, 0.15) is 6.42 Å². The Labute approximate surface area is 159 Å². The summed E-state index contributed by atoms with van der Waals surface area (Å²) in [5.74, 6) is -1.70. The van der Waals surface area contributed by atoms with E-state index < -0.39 is 40.1 Å². The molecule has 0 spiro atoms. The second-order valence-corrected chi connectivity index (χ2v) is 6.47. The van der Waals surface area contributed by atoms with Gasteiger partial charge in [0.1, 0.15) is 6.04 Å². The number of hydrogen-bond acceptors (Lipinski definition) is 7. The second kappa shape index (κ2) is 6.41. The van der Waals surface area contributed by atoms with E-state index in [2.05, 4.69) is 5.32 Å². The Morgan fingerprint density at radius 3 is 2.54 bits per heavy atom. The minimum absolute atomic E-state index is 0. The number of likely N-dealkylation sites (tertiary alicyclic amines) is 1. The molecule has 3 N–H and O–H groups in total.